The number of anilines is 1. The van der Waals surface area contributed by atoms with Gasteiger partial charge in [0.2, 0.25) is 0 Å². The molecule has 0 saturated carbocycles. The Labute approximate surface area is 121 Å². The maximum Gasteiger partial charge on any atom is 0.0372 e. The molecule has 112 valence electrons. The second kappa shape index (κ2) is 15.1. The van der Waals surface area contributed by atoms with E-state index in [0.717, 1.165) is 12.5 Å². The van der Waals surface area contributed by atoms with Gasteiger partial charge in [0.05, 0.1) is 0 Å². The molecule has 1 heteroatoms. The first-order valence-electron chi connectivity index (χ1n) is 8.02. The van der Waals surface area contributed by atoms with E-state index in [4.69, 9.17) is 0 Å². The number of benzene rings is 1. The summed E-state index contributed by atoms with van der Waals surface area (Å²) in [4.78, 5) is 0. The highest BCUT2D eigenvalue weighted by atomic mass is 14.9. The standard InChI is InChI=1S/C10H13N.C4H10.2C2H6/c1-2-7-10-9(5-1)6-3-4-8-11-10;1-4(2)3;2*1-2/h1-2,5,7,11H,3-4,6,8H2;4H,1-3H3;2*1-2H3. The van der Waals surface area contributed by atoms with Gasteiger partial charge < -0.3 is 5.32 Å². The van der Waals surface area contributed by atoms with Gasteiger partial charge in [-0.1, -0.05) is 66.7 Å². The summed E-state index contributed by atoms with van der Waals surface area (Å²) in [7, 11) is 0. The van der Waals surface area contributed by atoms with E-state index in [9.17, 15) is 0 Å². The second-order valence-corrected chi connectivity index (χ2v) is 4.77. The predicted octanol–water partition coefficient (Wildman–Crippen LogP) is 6.15. The minimum Gasteiger partial charge on any atom is -0.385 e. The van der Waals surface area contributed by atoms with Crippen LogP contribution in [0.4, 0.5) is 5.69 Å². The molecule has 1 nitrogen and oxygen atoms in total. The molecular formula is C18H35N. The largest absolute Gasteiger partial charge is 0.385 e. The molecule has 0 bridgehead atoms. The van der Waals surface area contributed by atoms with Crippen LogP contribution < -0.4 is 5.32 Å². The minimum atomic E-state index is 0.833. The van der Waals surface area contributed by atoms with Gasteiger partial charge in [0.15, 0.2) is 0 Å². The summed E-state index contributed by atoms with van der Waals surface area (Å²) in [6.45, 7) is 15.6. The van der Waals surface area contributed by atoms with E-state index in [1.807, 2.05) is 27.7 Å². The smallest absolute Gasteiger partial charge is 0.0372 e. The van der Waals surface area contributed by atoms with E-state index in [1.165, 1.54) is 30.5 Å². The lowest BCUT2D eigenvalue weighted by atomic mass is 10.1. The average molecular weight is 265 g/mol. The number of nitrogens with one attached hydrogen (secondary N) is 1. The fourth-order valence-corrected chi connectivity index (χ4v) is 1.57. The van der Waals surface area contributed by atoms with Crippen molar-refractivity contribution in [1.29, 1.82) is 0 Å². The Morgan fingerprint density at radius 3 is 2.00 bits per heavy atom. The summed E-state index contributed by atoms with van der Waals surface area (Å²) in [6, 6.07) is 8.59. The van der Waals surface area contributed by atoms with Crippen molar-refractivity contribution < 1.29 is 0 Å². The molecule has 0 unspecified atom stereocenters. The highest BCUT2D eigenvalue weighted by molar-refractivity contribution is 5.51. The van der Waals surface area contributed by atoms with Crippen LogP contribution in [-0.4, -0.2) is 6.54 Å². The monoisotopic (exact) mass is 265 g/mol. The molecule has 19 heavy (non-hydrogen) atoms. The van der Waals surface area contributed by atoms with Gasteiger partial charge in [0.1, 0.15) is 0 Å². The van der Waals surface area contributed by atoms with E-state index < -0.39 is 0 Å². The first kappa shape index (κ1) is 20.3. The third-order valence-electron chi connectivity index (χ3n) is 2.21. The molecule has 1 N–H and O–H groups in total. The molecule has 0 fully saturated rings. The Bertz CT molecular complexity index is 251. The van der Waals surface area contributed by atoms with Crippen LogP contribution in [0, 0.1) is 5.92 Å². The average Bonchev–Trinajstić information content (AvgIpc) is 2.68. The first-order valence-corrected chi connectivity index (χ1v) is 8.02. The lowest BCUT2D eigenvalue weighted by molar-refractivity contribution is 0.737. The van der Waals surface area contributed by atoms with Gasteiger partial charge in [0, 0.05) is 12.2 Å². The molecule has 0 aliphatic carbocycles. The summed E-state index contributed by atoms with van der Waals surface area (Å²) in [6.07, 6.45) is 3.86. The number of aryl methyl sites for hydroxylation is 1. The zero-order valence-electron chi connectivity index (χ0n) is 14.2. The fraction of sp³-hybridized carbons (Fsp3) is 0.667. The molecule has 1 heterocycles. The second-order valence-electron chi connectivity index (χ2n) is 4.77. The summed E-state index contributed by atoms with van der Waals surface area (Å²) in [5.74, 6) is 0.833. The van der Waals surface area contributed by atoms with Crippen molar-refractivity contribution in [1.82, 2.24) is 0 Å². The number of hydrogen-bond donors (Lipinski definition) is 1. The third kappa shape index (κ3) is 11.8. The van der Waals surface area contributed by atoms with Gasteiger partial charge in [-0.25, -0.2) is 0 Å². The molecule has 0 saturated heterocycles. The van der Waals surface area contributed by atoms with Crippen LogP contribution in [0.3, 0.4) is 0 Å². The lowest BCUT2D eigenvalue weighted by Crippen LogP contribution is -1.98. The Hall–Kier alpha value is -0.980. The Kier molecular flexibility index (Phi) is 16.1. The lowest BCUT2D eigenvalue weighted by Gasteiger charge is -2.04. The Morgan fingerprint density at radius 2 is 1.42 bits per heavy atom. The molecule has 0 amide bonds. The van der Waals surface area contributed by atoms with Crippen LogP contribution in [0.5, 0.6) is 0 Å². The molecule has 1 aromatic rings. The van der Waals surface area contributed by atoms with Gasteiger partial charge in [0.25, 0.3) is 0 Å². The topological polar surface area (TPSA) is 12.0 Å². The third-order valence-corrected chi connectivity index (χ3v) is 2.21. The summed E-state index contributed by atoms with van der Waals surface area (Å²) < 4.78 is 0. The van der Waals surface area contributed by atoms with Crippen LogP contribution in [0.1, 0.15) is 66.9 Å². The van der Waals surface area contributed by atoms with Crippen molar-refractivity contribution in [2.24, 2.45) is 5.92 Å². The highest BCUT2D eigenvalue weighted by Gasteiger charge is 2.04. The molecule has 0 spiro atoms. The molecule has 1 aliphatic heterocycles. The van der Waals surface area contributed by atoms with Crippen molar-refractivity contribution in [2.45, 2.75) is 67.7 Å². The SMILES string of the molecule is CC.CC.CC(C)C.c1ccc2c(c1)CCCCN2. The van der Waals surface area contributed by atoms with Gasteiger partial charge >= 0.3 is 0 Å². The normalized spacial score (nSPS) is 12.0. The molecule has 0 aromatic heterocycles. The quantitative estimate of drug-likeness (QED) is 0.593. The molecule has 0 radical (unpaired) electrons. The van der Waals surface area contributed by atoms with Crippen LogP contribution >= 0.6 is 0 Å². The number of rotatable bonds is 0. The van der Waals surface area contributed by atoms with E-state index in [0.29, 0.717) is 0 Å². The van der Waals surface area contributed by atoms with Crippen molar-refractivity contribution in [3.63, 3.8) is 0 Å². The molecular weight excluding hydrogens is 230 g/mol. The van der Waals surface area contributed by atoms with Crippen molar-refractivity contribution in [3.05, 3.63) is 29.8 Å². The van der Waals surface area contributed by atoms with Crippen LogP contribution in [0.15, 0.2) is 24.3 Å². The van der Waals surface area contributed by atoms with Gasteiger partial charge in [-0.15, -0.1) is 0 Å². The number of fused-ring (bicyclic) bond motifs is 1. The zero-order valence-corrected chi connectivity index (χ0v) is 14.2. The van der Waals surface area contributed by atoms with Gasteiger partial charge in [-0.2, -0.15) is 0 Å². The maximum absolute atomic E-state index is 3.43. The molecule has 0 atom stereocenters. The van der Waals surface area contributed by atoms with E-state index in [2.05, 4.69) is 50.4 Å². The Balaban J connectivity index is 0. The Morgan fingerprint density at radius 1 is 0.895 bits per heavy atom. The van der Waals surface area contributed by atoms with Crippen LogP contribution in [-0.2, 0) is 6.42 Å². The zero-order chi connectivity index (χ0) is 15.1. The van der Waals surface area contributed by atoms with Gasteiger partial charge in [-0.05, 0) is 36.8 Å². The highest BCUT2D eigenvalue weighted by Crippen LogP contribution is 2.19. The fourth-order valence-electron chi connectivity index (χ4n) is 1.57. The van der Waals surface area contributed by atoms with Crippen LogP contribution in [0.25, 0.3) is 0 Å². The number of hydrogen-bond acceptors (Lipinski definition) is 1. The van der Waals surface area contributed by atoms with Crippen molar-refractivity contribution in [2.75, 3.05) is 11.9 Å². The summed E-state index contributed by atoms with van der Waals surface area (Å²) >= 11 is 0. The predicted molar refractivity (Wildman–Crippen MR) is 91.1 cm³/mol. The molecule has 1 aromatic carbocycles. The molecule has 1 aliphatic rings. The maximum atomic E-state index is 3.43. The minimum absolute atomic E-state index is 0.833. The van der Waals surface area contributed by atoms with Gasteiger partial charge in [-0.3, -0.25) is 0 Å². The van der Waals surface area contributed by atoms with E-state index in [-0.39, 0.29) is 0 Å². The molecule has 2 rings (SSSR count). The van der Waals surface area contributed by atoms with E-state index in [1.54, 1.807) is 0 Å². The van der Waals surface area contributed by atoms with Crippen LogP contribution in [0.2, 0.25) is 0 Å². The number of para-hydroxylation sites is 1. The van der Waals surface area contributed by atoms with Crippen molar-refractivity contribution >= 4 is 5.69 Å². The summed E-state index contributed by atoms with van der Waals surface area (Å²) in [5, 5.41) is 3.43. The summed E-state index contributed by atoms with van der Waals surface area (Å²) in [5.41, 5.74) is 2.81. The van der Waals surface area contributed by atoms with E-state index >= 15 is 0 Å². The first-order chi connectivity index (χ1) is 9.20. The van der Waals surface area contributed by atoms with Crippen molar-refractivity contribution in [3.8, 4) is 0 Å².